The molecule has 0 saturated heterocycles. The van der Waals surface area contributed by atoms with Crippen LogP contribution < -0.4 is 9.62 Å². The van der Waals surface area contributed by atoms with E-state index in [0.717, 1.165) is 35.0 Å². The highest BCUT2D eigenvalue weighted by atomic mass is 32.2. The molecule has 0 unspecified atom stereocenters. The molecule has 1 aliphatic rings. The number of thioether (sulfide) groups is 1. The topological polar surface area (TPSA) is 49.4 Å². The zero-order chi connectivity index (χ0) is 18.7. The highest BCUT2D eigenvalue weighted by Crippen LogP contribution is 2.34. The molecule has 3 rings (SSSR count). The molecule has 1 aliphatic heterocycles. The first-order chi connectivity index (χ1) is 12.4. The quantitative estimate of drug-likeness (QED) is 0.782. The standard InChI is InChI=1S/C20H26N2O2S2/c1-4-16-5-7-17(8-6-16)22(14-15(2)3)26(23,24)18-9-10-20-19(13-18)21-11-12-25-20/h5-10,13,15,21H,4,11-12,14H2,1-3H3. The van der Waals surface area contributed by atoms with Crippen molar-refractivity contribution in [1.82, 2.24) is 0 Å². The van der Waals surface area contributed by atoms with Crippen molar-refractivity contribution in [3.8, 4) is 0 Å². The Morgan fingerprint density at radius 1 is 1.15 bits per heavy atom. The predicted octanol–water partition coefficient (Wildman–Crippen LogP) is 4.62. The molecular formula is C20H26N2O2S2. The van der Waals surface area contributed by atoms with E-state index >= 15 is 0 Å². The number of benzene rings is 2. The maximum atomic E-state index is 13.4. The monoisotopic (exact) mass is 390 g/mol. The van der Waals surface area contributed by atoms with Crippen LogP contribution >= 0.6 is 11.8 Å². The summed E-state index contributed by atoms with van der Waals surface area (Å²) in [6.07, 6.45) is 0.936. The van der Waals surface area contributed by atoms with Gasteiger partial charge in [0.1, 0.15) is 0 Å². The van der Waals surface area contributed by atoms with Gasteiger partial charge in [-0.25, -0.2) is 8.42 Å². The van der Waals surface area contributed by atoms with E-state index in [1.807, 2.05) is 44.2 Å². The van der Waals surface area contributed by atoms with Gasteiger partial charge < -0.3 is 5.32 Å². The summed E-state index contributed by atoms with van der Waals surface area (Å²) < 4.78 is 28.3. The van der Waals surface area contributed by atoms with Crippen molar-refractivity contribution in [3.05, 3.63) is 48.0 Å². The van der Waals surface area contributed by atoms with Gasteiger partial charge in [0.05, 0.1) is 10.6 Å². The normalized spacial score (nSPS) is 14.0. The van der Waals surface area contributed by atoms with Crippen LogP contribution in [-0.4, -0.2) is 27.3 Å². The summed E-state index contributed by atoms with van der Waals surface area (Å²) >= 11 is 1.76. The number of nitrogens with one attached hydrogen (secondary N) is 1. The first-order valence-corrected chi connectivity index (χ1v) is 11.5. The van der Waals surface area contributed by atoms with E-state index in [1.165, 1.54) is 9.87 Å². The molecule has 0 spiro atoms. The molecule has 6 heteroatoms. The van der Waals surface area contributed by atoms with E-state index in [-0.39, 0.29) is 5.92 Å². The molecule has 1 N–H and O–H groups in total. The first-order valence-electron chi connectivity index (χ1n) is 9.04. The number of fused-ring (bicyclic) bond motifs is 1. The number of sulfonamides is 1. The Kier molecular flexibility index (Phi) is 5.82. The average molecular weight is 391 g/mol. The minimum absolute atomic E-state index is 0.224. The van der Waals surface area contributed by atoms with E-state index in [1.54, 1.807) is 23.9 Å². The molecule has 2 aromatic carbocycles. The SMILES string of the molecule is CCc1ccc(N(CC(C)C)S(=O)(=O)c2ccc3c(c2)NCCS3)cc1. The zero-order valence-electron chi connectivity index (χ0n) is 15.5. The largest absolute Gasteiger partial charge is 0.383 e. The molecule has 4 nitrogen and oxygen atoms in total. The molecule has 26 heavy (non-hydrogen) atoms. The number of rotatable bonds is 6. The lowest BCUT2D eigenvalue weighted by molar-refractivity contribution is 0.578. The van der Waals surface area contributed by atoms with Crippen LogP contribution in [0.4, 0.5) is 11.4 Å². The fourth-order valence-corrected chi connectivity index (χ4v) is 5.51. The third-order valence-electron chi connectivity index (χ3n) is 4.38. The third kappa shape index (κ3) is 4.01. The van der Waals surface area contributed by atoms with Crippen LogP contribution in [-0.2, 0) is 16.4 Å². The molecule has 1 heterocycles. The second kappa shape index (κ2) is 7.92. The second-order valence-corrected chi connectivity index (χ2v) is 9.88. The smallest absolute Gasteiger partial charge is 0.264 e. The van der Waals surface area contributed by atoms with Gasteiger partial charge in [-0.15, -0.1) is 11.8 Å². The molecular weight excluding hydrogens is 364 g/mol. The predicted molar refractivity (Wildman–Crippen MR) is 111 cm³/mol. The van der Waals surface area contributed by atoms with Gasteiger partial charge in [-0.2, -0.15) is 0 Å². The van der Waals surface area contributed by atoms with Gasteiger partial charge >= 0.3 is 0 Å². The summed E-state index contributed by atoms with van der Waals surface area (Å²) in [5.41, 5.74) is 2.83. The van der Waals surface area contributed by atoms with Crippen LogP contribution in [0.3, 0.4) is 0 Å². The molecule has 0 aliphatic carbocycles. The van der Waals surface area contributed by atoms with Crippen LogP contribution in [0, 0.1) is 5.92 Å². The van der Waals surface area contributed by atoms with Gasteiger partial charge in [0, 0.05) is 29.4 Å². The van der Waals surface area contributed by atoms with Gasteiger partial charge in [-0.1, -0.05) is 32.9 Å². The van der Waals surface area contributed by atoms with Crippen LogP contribution in [0.25, 0.3) is 0 Å². The third-order valence-corrected chi connectivity index (χ3v) is 7.24. The molecule has 0 aromatic heterocycles. The average Bonchev–Trinajstić information content (AvgIpc) is 2.65. The van der Waals surface area contributed by atoms with Gasteiger partial charge in [-0.3, -0.25) is 4.31 Å². The Hall–Kier alpha value is -1.66. The zero-order valence-corrected chi connectivity index (χ0v) is 17.2. The number of anilines is 2. The Labute approximate surface area is 161 Å². The highest BCUT2D eigenvalue weighted by Gasteiger charge is 2.27. The van der Waals surface area contributed by atoms with Crippen molar-refractivity contribution >= 4 is 33.2 Å². The first kappa shape index (κ1) is 19.1. The van der Waals surface area contributed by atoms with Crippen molar-refractivity contribution in [2.45, 2.75) is 37.0 Å². The van der Waals surface area contributed by atoms with E-state index in [9.17, 15) is 8.42 Å². The Bertz CT molecular complexity index is 862. The van der Waals surface area contributed by atoms with E-state index in [2.05, 4.69) is 12.2 Å². The van der Waals surface area contributed by atoms with Gasteiger partial charge in [0.25, 0.3) is 10.0 Å². The van der Waals surface area contributed by atoms with Gasteiger partial charge in [-0.05, 0) is 48.2 Å². The lowest BCUT2D eigenvalue weighted by atomic mass is 10.1. The summed E-state index contributed by atoms with van der Waals surface area (Å²) in [6, 6.07) is 13.2. The molecule has 140 valence electrons. The van der Waals surface area contributed by atoms with Crippen LogP contribution in [0.1, 0.15) is 26.3 Å². The van der Waals surface area contributed by atoms with Gasteiger partial charge in [0.15, 0.2) is 0 Å². The minimum Gasteiger partial charge on any atom is -0.383 e. The van der Waals surface area contributed by atoms with Crippen LogP contribution in [0.15, 0.2) is 52.3 Å². The Morgan fingerprint density at radius 3 is 2.54 bits per heavy atom. The molecule has 0 fully saturated rings. The summed E-state index contributed by atoms with van der Waals surface area (Å²) in [5.74, 6) is 1.23. The molecule has 0 saturated carbocycles. The maximum absolute atomic E-state index is 13.4. The molecule has 0 atom stereocenters. The summed E-state index contributed by atoms with van der Waals surface area (Å²) in [6.45, 7) is 7.47. The summed E-state index contributed by atoms with van der Waals surface area (Å²) in [5, 5.41) is 3.31. The second-order valence-electron chi connectivity index (χ2n) is 6.88. The number of aryl methyl sites for hydroxylation is 1. The number of hydrogen-bond acceptors (Lipinski definition) is 4. The summed E-state index contributed by atoms with van der Waals surface area (Å²) in [7, 11) is -3.62. The van der Waals surface area contributed by atoms with E-state index < -0.39 is 10.0 Å². The van der Waals surface area contributed by atoms with E-state index in [4.69, 9.17) is 0 Å². The molecule has 0 bridgehead atoms. The van der Waals surface area contributed by atoms with Crippen molar-refractivity contribution in [2.24, 2.45) is 5.92 Å². The van der Waals surface area contributed by atoms with E-state index in [0.29, 0.717) is 11.4 Å². The van der Waals surface area contributed by atoms with Crippen molar-refractivity contribution in [1.29, 1.82) is 0 Å². The minimum atomic E-state index is -3.62. The van der Waals surface area contributed by atoms with Crippen LogP contribution in [0.5, 0.6) is 0 Å². The maximum Gasteiger partial charge on any atom is 0.264 e. The lowest BCUT2D eigenvalue weighted by Crippen LogP contribution is -2.34. The highest BCUT2D eigenvalue weighted by molar-refractivity contribution is 7.99. The molecule has 0 radical (unpaired) electrons. The van der Waals surface area contributed by atoms with Crippen molar-refractivity contribution < 1.29 is 8.42 Å². The lowest BCUT2D eigenvalue weighted by Gasteiger charge is -2.27. The molecule has 0 amide bonds. The fraction of sp³-hybridized carbons (Fsp3) is 0.400. The fourth-order valence-electron chi connectivity index (χ4n) is 2.98. The summed E-state index contributed by atoms with van der Waals surface area (Å²) in [4.78, 5) is 1.45. The number of nitrogens with zero attached hydrogens (tertiary/aromatic N) is 1. The van der Waals surface area contributed by atoms with Crippen molar-refractivity contribution in [2.75, 3.05) is 28.5 Å². The number of hydrogen-bond donors (Lipinski definition) is 1. The Morgan fingerprint density at radius 2 is 1.88 bits per heavy atom. The Balaban J connectivity index is 2.01. The molecule has 2 aromatic rings. The van der Waals surface area contributed by atoms with Gasteiger partial charge in [0.2, 0.25) is 0 Å². The van der Waals surface area contributed by atoms with Crippen molar-refractivity contribution in [3.63, 3.8) is 0 Å². The van der Waals surface area contributed by atoms with Crippen LogP contribution in [0.2, 0.25) is 0 Å².